The Hall–Kier alpha value is -1.43. The molecule has 0 saturated carbocycles. The van der Waals surface area contributed by atoms with Gasteiger partial charge in [0.05, 0.1) is 21.4 Å². The van der Waals surface area contributed by atoms with Crippen LogP contribution in [0.25, 0.3) is 11.4 Å². The fourth-order valence-corrected chi connectivity index (χ4v) is 2.64. The zero-order valence-corrected chi connectivity index (χ0v) is 14.0. The van der Waals surface area contributed by atoms with Crippen LogP contribution in [0.1, 0.15) is 31.7 Å². The summed E-state index contributed by atoms with van der Waals surface area (Å²) in [6, 6.07) is 0. The minimum absolute atomic E-state index is 0.734. The van der Waals surface area contributed by atoms with Gasteiger partial charge in [0.25, 0.3) is 0 Å². The number of hydrogen-bond donors (Lipinski definition) is 1. The van der Waals surface area contributed by atoms with Crippen LogP contribution in [0.4, 0.5) is 5.82 Å². The highest BCUT2D eigenvalue weighted by molar-refractivity contribution is 9.10. The first kappa shape index (κ1) is 15.0. The molecule has 6 heteroatoms. The molecule has 0 aliphatic heterocycles. The maximum absolute atomic E-state index is 4.70. The molecule has 1 N–H and O–H groups in total. The average Bonchev–Trinajstić information content (AvgIpc) is 2.74. The molecule has 0 fully saturated rings. The third-order valence-electron chi connectivity index (χ3n) is 3.01. The Labute approximate surface area is 128 Å². The number of anilines is 1. The fourth-order valence-electron chi connectivity index (χ4n) is 2.12. The van der Waals surface area contributed by atoms with Gasteiger partial charge >= 0.3 is 0 Å². The van der Waals surface area contributed by atoms with Crippen molar-refractivity contribution in [3.05, 3.63) is 22.1 Å². The van der Waals surface area contributed by atoms with Gasteiger partial charge in [-0.1, -0.05) is 13.3 Å². The number of halogens is 1. The second-order valence-corrected chi connectivity index (χ2v) is 5.53. The van der Waals surface area contributed by atoms with Crippen LogP contribution in [0.15, 0.2) is 10.7 Å². The van der Waals surface area contributed by atoms with Gasteiger partial charge in [-0.3, -0.25) is 4.68 Å². The van der Waals surface area contributed by atoms with Crippen LogP contribution >= 0.6 is 15.9 Å². The standard InChI is InChI=1S/C14H20BrN5/c1-5-7-11-12(15)14(16-6-2)18-13(17-11)10-8-20(4)19-9(10)3/h8H,5-7H2,1-4H3,(H,16,17,18). The molecule has 5 nitrogen and oxygen atoms in total. The summed E-state index contributed by atoms with van der Waals surface area (Å²) >= 11 is 3.61. The van der Waals surface area contributed by atoms with Crippen molar-refractivity contribution < 1.29 is 0 Å². The number of rotatable bonds is 5. The van der Waals surface area contributed by atoms with Crippen LogP contribution in [0.2, 0.25) is 0 Å². The lowest BCUT2D eigenvalue weighted by atomic mass is 10.2. The van der Waals surface area contributed by atoms with Crippen molar-refractivity contribution in [1.29, 1.82) is 0 Å². The van der Waals surface area contributed by atoms with Gasteiger partial charge in [0.2, 0.25) is 0 Å². The third kappa shape index (κ3) is 3.00. The molecule has 0 bridgehead atoms. The lowest BCUT2D eigenvalue weighted by Gasteiger charge is -2.11. The lowest BCUT2D eigenvalue weighted by Crippen LogP contribution is -2.06. The van der Waals surface area contributed by atoms with E-state index in [1.165, 1.54) is 0 Å². The number of aromatic nitrogens is 4. The third-order valence-corrected chi connectivity index (χ3v) is 3.84. The summed E-state index contributed by atoms with van der Waals surface area (Å²) in [6.07, 6.45) is 3.93. The fraction of sp³-hybridized carbons (Fsp3) is 0.500. The van der Waals surface area contributed by atoms with E-state index in [4.69, 9.17) is 4.98 Å². The quantitative estimate of drug-likeness (QED) is 0.909. The predicted molar refractivity (Wildman–Crippen MR) is 84.8 cm³/mol. The second-order valence-electron chi connectivity index (χ2n) is 4.74. The van der Waals surface area contributed by atoms with Crippen molar-refractivity contribution in [2.45, 2.75) is 33.6 Å². The molecule has 0 unspecified atom stereocenters. The van der Waals surface area contributed by atoms with Crippen LogP contribution in [0.3, 0.4) is 0 Å². The highest BCUT2D eigenvalue weighted by Gasteiger charge is 2.15. The van der Waals surface area contributed by atoms with E-state index in [0.717, 1.165) is 52.5 Å². The monoisotopic (exact) mass is 337 g/mol. The molecule has 0 aliphatic rings. The maximum Gasteiger partial charge on any atom is 0.165 e. The van der Waals surface area contributed by atoms with Gasteiger partial charge in [-0.05, 0) is 36.2 Å². The van der Waals surface area contributed by atoms with Crippen LogP contribution < -0.4 is 5.32 Å². The number of nitrogens with zero attached hydrogens (tertiary/aromatic N) is 4. The van der Waals surface area contributed by atoms with E-state index < -0.39 is 0 Å². The molecule has 108 valence electrons. The molecule has 0 saturated heterocycles. The van der Waals surface area contributed by atoms with Gasteiger partial charge in [-0.2, -0.15) is 5.10 Å². The maximum atomic E-state index is 4.70. The Morgan fingerprint density at radius 1 is 1.30 bits per heavy atom. The number of hydrogen-bond acceptors (Lipinski definition) is 4. The Kier molecular flexibility index (Phi) is 4.75. The molecule has 0 aromatic carbocycles. The zero-order valence-electron chi connectivity index (χ0n) is 12.4. The molecule has 2 heterocycles. The van der Waals surface area contributed by atoms with Crippen molar-refractivity contribution in [3.63, 3.8) is 0 Å². The highest BCUT2D eigenvalue weighted by Crippen LogP contribution is 2.28. The molecule has 0 spiro atoms. The minimum Gasteiger partial charge on any atom is -0.369 e. The average molecular weight is 338 g/mol. The summed E-state index contributed by atoms with van der Waals surface area (Å²) in [7, 11) is 1.91. The number of aryl methyl sites for hydroxylation is 3. The van der Waals surface area contributed by atoms with Gasteiger partial charge < -0.3 is 5.32 Å². The van der Waals surface area contributed by atoms with Crippen molar-refractivity contribution in [3.8, 4) is 11.4 Å². The predicted octanol–water partition coefficient (Wildman–Crippen LogP) is 3.33. The Morgan fingerprint density at radius 3 is 2.60 bits per heavy atom. The second kappa shape index (κ2) is 6.35. The van der Waals surface area contributed by atoms with E-state index in [0.29, 0.717) is 0 Å². The summed E-state index contributed by atoms with van der Waals surface area (Å²) in [5.74, 6) is 1.59. The van der Waals surface area contributed by atoms with E-state index in [2.05, 4.69) is 45.2 Å². The van der Waals surface area contributed by atoms with Gasteiger partial charge in [0, 0.05) is 19.8 Å². The van der Waals surface area contributed by atoms with E-state index in [1.807, 2.05) is 20.2 Å². The topological polar surface area (TPSA) is 55.6 Å². The van der Waals surface area contributed by atoms with Gasteiger partial charge in [0.1, 0.15) is 5.82 Å². The lowest BCUT2D eigenvalue weighted by molar-refractivity contribution is 0.756. The summed E-state index contributed by atoms with van der Waals surface area (Å²) < 4.78 is 2.76. The molecule has 0 radical (unpaired) electrons. The highest BCUT2D eigenvalue weighted by atomic mass is 79.9. The van der Waals surface area contributed by atoms with Crippen LogP contribution in [0, 0.1) is 6.92 Å². The minimum atomic E-state index is 0.734. The summed E-state index contributed by atoms with van der Waals surface area (Å²) in [5.41, 5.74) is 2.97. The van der Waals surface area contributed by atoms with Crippen molar-refractivity contribution in [1.82, 2.24) is 19.7 Å². The summed E-state index contributed by atoms with van der Waals surface area (Å²) in [5, 5.41) is 7.65. The largest absolute Gasteiger partial charge is 0.369 e. The first-order valence-corrected chi connectivity index (χ1v) is 7.67. The molecular weight excluding hydrogens is 318 g/mol. The van der Waals surface area contributed by atoms with Crippen molar-refractivity contribution >= 4 is 21.7 Å². The van der Waals surface area contributed by atoms with Gasteiger partial charge in [-0.15, -0.1) is 0 Å². The summed E-state index contributed by atoms with van der Waals surface area (Å²) in [6.45, 7) is 7.01. The van der Waals surface area contributed by atoms with Gasteiger partial charge in [0.15, 0.2) is 5.82 Å². The molecule has 2 rings (SSSR count). The molecule has 0 amide bonds. The van der Waals surface area contributed by atoms with E-state index >= 15 is 0 Å². The van der Waals surface area contributed by atoms with E-state index in [1.54, 1.807) is 4.68 Å². The molecule has 0 aliphatic carbocycles. The molecule has 20 heavy (non-hydrogen) atoms. The molecular formula is C14H20BrN5. The van der Waals surface area contributed by atoms with Crippen molar-refractivity contribution in [2.24, 2.45) is 7.05 Å². The first-order valence-electron chi connectivity index (χ1n) is 6.87. The smallest absolute Gasteiger partial charge is 0.165 e. The molecule has 2 aromatic rings. The van der Waals surface area contributed by atoms with Crippen LogP contribution in [0.5, 0.6) is 0 Å². The SMILES string of the molecule is CCCc1nc(-c2cn(C)nc2C)nc(NCC)c1Br. The van der Waals surface area contributed by atoms with Crippen molar-refractivity contribution in [2.75, 3.05) is 11.9 Å². The zero-order chi connectivity index (χ0) is 14.7. The molecule has 2 aromatic heterocycles. The van der Waals surface area contributed by atoms with E-state index in [-0.39, 0.29) is 0 Å². The van der Waals surface area contributed by atoms with Crippen LogP contribution in [-0.4, -0.2) is 26.3 Å². The Morgan fingerprint density at radius 2 is 2.05 bits per heavy atom. The number of nitrogens with one attached hydrogen (secondary N) is 1. The van der Waals surface area contributed by atoms with Crippen LogP contribution in [-0.2, 0) is 13.5 Å². The Bertz CT molecular complexity index is 579. The first-order chi connectivity index (χ1) is 9.56. The van der Waals surface area contributed by atoms with Gasteiger partial charge in [-0.25, -0.2) is 9.97 Å². The summed E-state index contributed by atoms with van der Waals surface area (Å²) in [4.78, 5) is 9.32. The van der Waals surface area contributed by atoms with E-state index in [9.17, 15) is 0 Å². The molecule has 0 atom stereocenters. The Balaban J connectivity index is 2.55. The normalized spacial score (nSPS) is 10.8.